The molecular formula is C21H18N6O. The minimum absolute atomic E-state index is 0.0384. The van der Waals surface area contributed by atoms with E-state index in [-0.39, 0.29) is 18.7 Å². The van der Waals surface area contributed by atoms with E-state index >= 15 is 0 Å². The molecule has 4 heterocycles. The van der Waals surface area contributed by atoms with Crippen molar-refractivity contribution in [2.24, 2.45) is 0 Å². The molecule has 0 radical (unpaired) electrons. The highest BCUT2D eigenvalue weighted by molar-refractivity contribution is 5.80. The van der Waals surface area contributed by atoms with E-state index in [0.717, 1.165) is 28.1 Å². The van der Waals surface area contributed by atoms with Crippen LogP contribution in [0.15, 0.2) is 67.6 Å². The molecule has 0 aromatic carbocycles. The van der Waals surface area contributed by atoms with Crippen molar-refractivity contribution in [2.75, 3.05) is 0 Å². The fourth-order valence-electron chi connectivity index (χ4n) is 2.81. The summed E-state index contributed by atoms with van der Waals surface area (Å²) in [7, 11) is 0. The third kappa shape index (κ3) is 4.15. The molecular weight excluding hydrogens is 352 g/mol. The maximum absolute atomic E-state index is 12.4. The van der Waals surface area contributed by atoms with E-state index in [0.29, 0.717) is 5.69 Å². The Morgan fingerprint density at radius 2 is 1.75 bits per heavy atom. The van der Waals surface area contributed by atoms with Crippen molar-refractivity contribution in [1.82, 2.24) is 29.7 Å². The topological polar surface area (TPSA) is 86.5 Å². The smallest absolute Gasteiger partial charge is 0.160 e. The maximum atomic E-state index is 12.4. The first kappa shape index (κ1) is 17.7. The lowest BCUT2D eigenvalue weighted by Crippen LogP contribution is -2.13. The fraction of sp³-hybridized carbons (Fsp3) is 0.143. The van der Waals surface area contributed by atoms with Crippen LogP contribution in [0.4, 0.5) is 0 Å². The number of aromatic nitrogens is 6. The molecule has 0 aliphatic heterocycles. The molecule has 138 valence electrons. The number of Topliss-reactive ketones (excluding diaryl/α,β-unsaturated/α-hetero) is 1. The Morgan fingerprint density at radius 1 is 0.893 bits per heavy atom. The number of aryl methyl sites for hydroxylation is 1. The van der Waals surface area contributed by atoms with Crippen LogP contribution in [-0.4, -0.2) is 35.5 Å². The highest BCUT2D eigenvalue weighted by Gasteiger charge is 2.09. The molecule has 0 N–H and O–H groups in total. The quantitative estimate of drug-likeness (QED) is 0.519. The molecule has 0 aliphatic carbocycles. The maximum Gasteiger partial charge on any atom is 0.160 e. The average molecular weight is 370 g/mol. The number of pyridine rings is 2. The lowest BCUT2D eigenvalue weighted by Gasteiger charge is -2.03. The fourth-order valence-corrected chi connectivity index (χ4v) is 2.81. The zero-order valence-corrected chi connectivity index (χ0v) is 15.4. The van der Waals surface area contributed by atoms with E-state index in [4.69, 9.17) is 0 Å². The Kier molecular flexibility index (Phi) is 4.97. The van der Waals surface area contributed by atoms with Crippen molar-refractivity contribution in [1.29, 1.82) is 0 Å². The van der Waals surface area contributed by atoms with Crippen LogP contribution < -0.4 is 0 Å². The van der Waals surface area contributed by atoms with Crippen molar-refractivity contribution in [2.45, 2.75) is 19.9 Å². The van der Waals surface area contributed by atoms with Gasteiger partial charge in [0.1, 0.15) is 0 Å². The number of rotatable bonds is 6. The SMILES string of the molecule is Cc1ccc(-c2cnn(CC(=O)Cc3ccc(-c4cnccn4)cn3)c2)cn1. The van der Waals surface area contributed by atoms with Gasteiger partial charge in [-0.15, -0.1) is 0 Å². The molecule has 28 heavy (non-hydrogen) atoms. The molecule has 4 aromatic rings. The summed E-state index contributed by atoms with van der Waals surface area (Å²) in [5.74, 6) is 0.0384. The van der Waals surface area contributed by atoms with Gasteiger partial charge < -0.3 is 0 Å². The third-order valence-electron chi connectivity index (χ3n) is 4.28. The first-order chi connectivity index (χ1) is 13.7. The van der Waals surface area contributed by atoms with Crippen LogP contribution >= 0.6 is 0 Å². The predicted octanol–water partition coefficient (Wildman–Crippen LogP) is 2.92. The second-order valence-electron chi connectivity index (χ2n) is 6.46. The van der Waals surface area contributed by atoms with Gasteiger partial charge in [0.15, 0.2) is 5.78 Å². The molecule has 0 aliphatic rings. The number of carbonyl (C=O) groups is 1. The molecule has 7 nitrogen and oxygen atoms in total. The van der Waals surface area contributed by atoms with E-state index in [9.17, 15) is 4.79 Å². The molecule has 4 rings (SSSR count). The first-order valence-electron chi connectivity index (χ1n) is 8.86. The zero-order valence-electron chi connectivity index (χ0n) is 15.4. The lowest BCUT2D eigenvalue weighted by molar-refractivity contribution is -0.119. The average Bonchev–Trinajstić information content (AvgIpc) is 3.18. The second-order valence-corrected chi connectivity index (χ2v) is 6.46. The summed E-state index contributed by atoms with van der Waals surface area (Å²) in [6.07, 6.45) is 12.3. The molecule has 0 unspecified atom stereocenters. The monoisotopic (exact) mass is 370 g/mol. The standard InChI is InChI=1S/C21H18N6O/c1-15-2-3-16(9-24-15)18-11-26-27(13-18)14-20(28)8-19-5-4-17(10-25-19)21-12-22-6-7-23-21/h2-7,9-13H,8,14H2,1H3. The van der Waals surface area contributed by atoms with E-state index < -0.39 is 0 Å². The van der Waals surface area contributed by atoms with Gasteiger partial charge in [-0.3, -0.25) is 29.4 Å². The Morgan fingerprint density at radius 3 is 2.46 bits per heavy atom. The number of nitrogens with zero attached hydrogens (tertiary/aromatic N) is 6. The molecule has 0 amide bonds. The molecule has 0 atom stereocenters. The van der Waals surface area contributed by atoms with E-state index in [1.54, 1.807) is 41.9 Å². The van der Waals surface area contributed by atoms with Gasteiger partial charge in [0, 0.05) is 59.1 Å². The normalized spacial score (nSPS) is 10.8. The third-order valence-corrected chi connectivity index (χ3v) is 4.28. The number of carbonyl (C=O) groups excluding carboxylic acids is 1. The largest absolute Gasteiger partial charge is 0.297 e. The summed E-state index contributed by atoms with van der Waals surface area (Å²) in [5.41, 5.74) is 5.21. The van der Waals surface area contributed by atoms with Gasteiger partial charge in [0.25, 0.3) is 0 Å². The van der Waals surface area contributed by atoms with Gasteiger partial charge in [-0.2, -0.15) is 5.10 Å². The van der Waals surface area contributed by atoms with Gasteiger partial charge in [0.05, 0.1) is 31.1 Å². The summed E-state index contributed by atoms with van der Waals surface area (Å²) in [5, 5.41) is 4.28. The van der Waals surface area contributed by atoms with Gasteiger partial charge in [-0.25, -0.2) is 0 Å². The molecule has 0 saturated heterocycles. The first-order valence-corrected chi connectivity index (χ1v) is 8.86. The van der Waals surface area contributed by atoms with E-state index in [1.165, 1.54) is 0 Å². The molecule has 0 spiro atoms. The summed E-state index contributed by atoms with van der Waals surface area (Å²) in [6.45, 7) is 2.15. The summed E-state index contributed by atoms with van der Waals surface area (Å²) in [4.78, 5) is 29.3. The summed E-state index contributed by atoms with van der Waals surface area (Å²) < 4.78 is 1.64. The second kappa shape index (κ2) is 7.87. The zero-order chi connectivity index (χ0) is 19.3. The molecule has 7 heteroatoms. The van der Waals surface area contributed by atoms with Crippen LogP contribution in [0.5, 0.6) is 0 Å². The number of hydrogen-bond donors (Lipinski definition) is 0. The van der Waals surface area contributed by atoms with Gasteiger partial charge in [0.2, 0.25) is 0 Å². The van der Waals surface area contributed by atoms with Crippen LogP contribution in [0.3, 0.4) is 0 Å². The van der Waals surface area contributed by atoms with Gasteiger partial charge in [-0.1, -0.05) is 6.07 Å². The Hall–Kier alpha value is -3.74. The van der Waals surface area contributed by atoms with Crippen LogP contribution in [0, 0.1) is 6.92 Å². The van der Waals surface area contributed by atoms with Crippen LogP contribution in [-0.2, 0) is 17.8 Å². The molecule has 0 fully saturated rings. The van der Waals surface area contributed by atoms with Crippen molar-refractivity contribution >= 4 is 5.78 Å². The van der Waals surface area contributed by atoms with Crippen molar-refractivity contribution in [3.63, 3.8) is 0 Å². The molecule has 4 aromatic heterocycles. The van der Waals surface area contributed by atoms with Crippen LogP contribution in [0.1, 0.15) is 11.4 Å². The van der Waals surface area contributed by atoms with Crippen LogP contribution in [0.25, 0.3) is 22.4 Å². The lowest BCUT2D eigenvalue weighted by atomic mass is 10.1. The Labute approximate surface area is 162 Å². The van der Waals surface area contributed by atoms with Gasteiger partial charge in [-0.05, 0) is 25.1 Å². The summed E-state index contributed by atoms with van der Waals surface area (Å²) in [6, 6.07) is 7.69. The Balaban J connectivity index is 1.39. The van der Waals surface area contributed by atoms with Crippen LogP contribution in [0.2, 0.25) is 0 Å². The van der Waals surface area contributed by atoms with E-state index in [1.807, 2.05) is 37.4 Å². The highest BCUT2D eigenvalue weighted by atomic mass is 16.1. The molecule has 0 bridgehead atoms. The minimum Gasteiger partial charge on any atom is -0.297 e. The Bertz CT molecular complexity index is 1070. The minimum atomic E-state index is 0.0384. The predicted molar refractivity (Wildman–Crippen MR) is 104 cm³/mol. The number of ketones is 1. The van der Waals surface area contributed by atoms with Crippen molar-refractivity contribution in [3.8, 4) is 22.4 Å². The van der Waals surface area contributed by atoms with Crippen molar-refractivity contribution < 1.29 is 4.79 Å². The summed E-state index contributed by atoms with van der Waals surface area (Å²) >= 11 is 0. The number of hydrogen-bond acceptors (Lipinski definition) is 6. The van der Waals surface area contributed by atoms with Crippen molar-refractivity contribution in [3.05, 3.63) is 79.0 Å². The highest BCUT2D eigenvalue weighted by Crippen LogP contribution is 2.18. The van der Waals surface area contributed by atoms with E-state index in [2.05, 4.69) is 25.0 Å². The van der Waals surface area contributed by atoms with Gasteiger partial charge >= 0.3 is 0 Å². The molecule has 0 saturated carbocycles.